The number of hydrogen-bond acceptors (Lipinski definition) is 4. The second-order valence-electron chi connectivity index (χ2n) is 4.67. The van der Waals surface area contributed by atoms with E-state index in [1.165, 1.54) is 54.6 Å². The SMILES string of the molecule is C=CCN(c1ccc(O)cc1)S(=O)(=O)c1ccc(C(=O)O)cc1. The van der Waals surface area contributed by atoms with E-state index in [0.29, 0.717) is 5.69 Å². The van der Waals surface area contributed by atoms with Crippen molar-refractivity contribution in [3.63, 3.8) is 0 Å². The fourth-order valence-electron chi connectivity index (χ4n) is 1.98. The molecule has 0 saturated heterocycles. The number of phenols is 1. The lowest BCUT2D eigenvalue weighted by atomic mass is 10.2. The molecule has 23 heavy (non-hydrogen) atoms. The van der Waals surface area contributed by atoms with E-state index in [9.17, 15) is 18.3 Å². The molecule has 2 aromatic rings. The molecule has 0 saturated carbocycles. The van der Waals surface area contributed by atoms with Crippen LogP contribution >= 0.6 is 0 Å². The average Bonchev–Trinajstić information content (AvgIpc) is 2.53. The number of carbonyl (C=O) groups is 1. The number of benzene rings is 2. The summed E-state index contributed by atoms with van der Waals surface area (Å²) in [7, 11) is -3.88. The van der Waals surface area contributed by atoms with E-state index in [-0.39, 0.29) is 22.8 Å². The number of nitrogens with zero attached hydrogens (tertiary/aromatic N) is 1. The Kier molecular flexibility index (Phi) is 4.71. The highest BCUT2D eigenvalue weighted by Gasteiger charge is 2.24. The maximum atomic E-state index is 12.8. The third kappa shape index (κ3) is 3.51. The quantitative estimate of drug-likeness (QED) is 0.792. The standard InChI is InChI=1S/C16H15NO5S/c1-2-11-17(13-5-7-14(18)8-6-13)23(21,22)15-9-3-12(4-10-15)16(19)20/h2-10,18H,1,11H2,(H,19,20). The van der Waals surface area contributed by atoms with Crippen LogP contribution in [0, 0.1) is 0 Å². The van der Waals surface area contributed by atoms with Crippen LogP contribution in [-0.2, 0) is 10.0 Å². The number of rotatable bonds is 6. The van der Waals surface area contributed by atoms with Crippen molar-refractivity contribution in [1.82, 2.24) is 0 Å². The van der Waals surface area contributed by atoms with Gasteiger partial charge in [-0.1, -0.05) is 6.08 Å². The lowest BCUT2D eigenvalue weighted by Gasteiger charge is -2.23. The van der Waals surface area contributed by atoms with E-state index in [4.69, 9.17) is 5.11 Å². The molecular weight excluding hydrogens is 318 g/mol. The van der Waals surface area contributed by atoms with Gasteiger partial charge in [0.2, 0.25) is 0 Å². The predicted octanol–water partition coefficient (Wildman–Crippen LogP) is 2.47. The summed E-state index contributed by atoms with van der Waals surface area (Å²) < 4.78 is 26.6. The third-order valence-corrected chi connectivity index (χ3v) is 4.93. The Bertz CT molecular complexity index is 811. The van der Waals surface area contributed by atoms with Gasteiger partial charge in [-0.3, -0.25) is 4.31 Å². The van der Waals surface area contributed by atoms with Crippen molar-refractivity contribution >= 4 is 21.7 Å². The predicted molar refractivity (Wildman–Crippen MR) is 86.2 cm³/mol. The van der Waals surface area contributed by atoms with Crippen LogP contribution in [0.2, 0.25) is 0 Å². The van der Waals surface area contributed by atoms with Gasteiger partial charge >= 0.3 is 5.97 Å². The molecule has 0 amide bonds. The van der Waals surface area contributed by atoms with Gasteiger partial charge < -0.3 is 10.2 Å². The number of phenolic OH excluding ortho intramolecular Hbond substituents is 1. The Morgan fingerprint density at radius 3 is 2.13 bits per heavy atom. The summed E-state index contributed by atoms with van der Waals surface area (Å²) >= 11 is 0. The summed E-state index contributed by atoms with van der Waals surface area (Å²) in [5.74, 6) is -1.11. The molecule has 0 radical (unpaired) electrons. The van der Waals surface area contributed by atoms with Crippen LogP contribution in [0.25, 0.3) is 0 Å². The Hall–Kier alpha value is -2.80. The van der Waals surface area contributed by atoms with E-state index in [1.807, 2.05) is 0 Å². The maximum Gasteiger partial charge on any atom is 0.335 e. The van der Waals surface area contributed by atoms with E-state index in [2.05, 4.69) is 6.58 Å². The van der Waals surface area contributed by atoms with Crippen molar-refractivity contribution in [2.45, 2.75) is 4.90 Å². The van der Waals surface area contributed by atoms with Crippen molar-refractivity contribution in [3.05, 3.63) is 66.7 Å². The van der Waals surface area contributed by atoms with Gasteiger partial charge in [0.1, 0.15) is 5.75 Å². The molecule has 120 valence electrons. The molecule has 0 aromatic heterocycles. The minimum Gasteiger partial charge on any atom is -0.508 e. The fourth-order valence-corrected chi connectivity index (χ4v) is 3.41. The zero-order valence-electron chi connectivity index (χ0n) is 12.1. The van der Waals surface area contributed by atoms with Gasteiger partial charge in [0.25, 0.3) is 10.0 Å². The number of hydrogen-bond donors (Lipinski definition) is 2. The minimum atomic E-state index is -3.88. The van der Waals surface area contributed by atoms with Gasteiger partial charge in [-0.25, -0.2) is 13.2 Å². The smallest absolute Gasteiger partial charge is 0.335 e. The third-order valence-electron chi connectivity index (χ3n) is 3.12. The van der Waals surface area contributed by atoms with Crippen LogP contribution in [0.15, 0.2) is 66.1 Å². The molecule has 0 aliphatic rings. The Morgan fingerprint density at radius 2 is 1.65 bits per heavy atom. The van der Waals surface area contributed by atoms with Crippen LogP contribution < -0.4 is 4.31 Å². The van der Waals surface area contributed by atoms with Gasteiger partial charge in [0.15, 0.2) is 0 Å². The molecule has 7 heteroatoms. The largest absolute Gasteiger partial charge is 0.508 e. The van der Waals surface area contributed by atoms with Crippen LogP contribution in [0.5, 0.6) is 5.75 Å². The highest BCUT2D eigenvalue weighted by atomic mass is 32.2. The second-order valence-corrected chi connectivity index (χ2v) is 6.53. The normalized spacial score (nSPS) is 11.0. The minimum absolute atomic E-state index is 0.00357. The molecule has 2 aromatic carbocycles. The average molecular weight is 333 g/mol. The van der Waals surface area contributed by atoms with Gasteiger partial charge in [-0.15, -0.1) is 6.58 Å². The highest BCUT2D eigenvalue weighted by molar-refractivity contribution is 7.92. The maximum absolute atomic E-state index is 12.8. The van der Waals surface area contributed by atoms with Gasteiger partial charge in [0.05, 0.1) is 22.7 Å². The van der Waals surface area contributed by atoms with Crippen molar-refractivity contribution < 1.29 is 23.4 Å². The highest BCUT2D eigenvalue weighted by Crippen LogP contribution is 2.25. The number of sulfonamides is 1. The van der Waals surface area contributed by atoms with Gasteiger partial charge in [-0.2, -0.15) is 0 Å². The summed E-state index contributed by atoms with van der Waals surface area (Å²) in [5.41, 5.74) is 0.369. The van der Waals surface area contributed by atoms with Crippen LogP contribution in [-0.4, -0.2) is 31.1 Å². The number of aromatic hydroxyl groups is 1. The summed E-state index contributed by atoms with van der Waals surface area (Å²) in [6, 6.07) is 10.7. The van der Waals surface area contributed by atoms with E-state index in [0.717, 1.165) is 4.31 Å². The zero-order valence-corrected chi connectivity index (χ0v) is 12.9. The number of anilines is 1. The molecule has 0 atom stereocenters. The van der Waals surface area contributed by atoms with E-state index in [1.54, 1.807) is 0 Å². The lowest BCUT2D eigenvalue weighted by Crippen LogP contribution is -2.31. The lowest BCUT2D eigenvalue weighted by molar-refractivity contribution is 0.0696. The van der Waals surface area contributed by atoms with Crippen molar-refractivity contribution in [2.75, 3.05) is 10.8 Å². The molecule has 2 rings (SSSR count). The molecule has 0 fully saturated rings. The molecular formula is C16H15NO5S. The first kappa shape index (κ1) is 16.6. The Labute approximate surface area is 134 Å². The second kappa shape index (κ2) is 6.53. The van der Waals surface area contributed by atoms with Gasteiger partial charge in [-0.05, 0) is 48.5 Å². The molecule has 0 spiro atoms. The molecule has 6 nitrogen and oxygen atoms in total. The van der Waals surface area contributed by atoms with Crippen LogP contribution in [0.3, 0.4) is 0 Å². The van der Waals surface area contributed by atoms with Crippen molar-refractivity contribution in [2.24, 2.45) is 0 Å². The van der Waals surface area contributed by atoms with E-state index >= 15 is 0 Å². The number of carboxylic acid groups (broad SMARTS) is 1. The first-order valence-electron chi connectivity index (χ1n) is 6.62. The first-order chi connectivity index (χ1) is 10.9. The Balaban J connectivity index is 2.45. The zero-order chi connectivity index (χ0) is 17.0. The molecule has 0 aliphatic heterocycles. The van der Waals surface area contributed by atoms with Crippen molar-refractivity contribution in [3.8, 4) is 5.75 Å². The van der Waals surface area contributed by atoms with E-state index < -0.39 is 16.0 Å². The summed E-state index contributed by atoms with van der Waals surface area (Å²) in [6.45, 7) is 3.59. The molecule has 2 N–H and O–H groups in total. The van der Waals surface area contributed by atoms with Gasteiger partial charge in [0, 0.05) is 0 Å². The Morgan fingerprint density at radius 1 is 1.09 bits per heavy atom. The fraction of sp³-hybridized carbons (Fsp3) is 0.0625. The van der Waals surface area contributed by atoms with Crippen molar-refractivity contribution in [1.29, 1.82) is 0 Å². The first-order valence-corrected chi connectivity index (χ1v) is 8.06. The van der Waals surface area contributed by atoms with Crippen LogP contribution in [0.4, 0.5) is 5.69 Å². The molecule has 0 bridgehead atoms. The summed E-state index contributed by atoms with van der Waals surface area (Å²) in [4.78, 5) is 10.8. The topological polar surface area (TPSA) is 94.9 Å². The van der Waals surface area contributed by atoms with Crippen LogP contribution in [0.1, 0.15) is 10.4 Å². The molecule has 0 heterocycles. The molecule has 0 unspecified atom stereocenters. The number of aromatic carboxylic acids is 1. The monoisotopic (exact) mass is 333 g/mol. The summed E-state index contributed by atoms with van der Waals surface area (Å²) in [6.07, 6.45) is 1.44. The molecule has 0 aliphatic carbocycles. The number of carboxylic acids is 1. The summed E-state index contributed by atoms with van der Waals surface area (Å²) in [5, 5.41) is 18.2.